The fourth-order valence-corrected chi connectivity index (χ4v) is 4.13. The molecule has 0 aromatic heterocycles. The van der Waals surface area contributed by atoms with Gasteiger partial charge in [-0.05, 0) is 51.0 Å². The van der Waals surface area contributed by atoms with E-state index in [2.05, 4.69) is 19.1 Å². The molecule has 0 bridgehead atoms. The Bertz CT molecular complexity index is 569. The maximum atomic E-state index is 12.3. The largest absolute Gasteiger partial charge is 0.465 e. The van der Waals surface area contributed by atoms with Crippen LogP contribution in [0.1, 0.15) is 46.5 Å². The first-order chi connectivity index (χ1) is 12.4. The van der Waals surface area contributed by atoms with Gasteiger partial charge in [0, 0.05) is 12.5 Å². The number of ether oxygens (including phenoxy) is 4. The van der Waals surface area contributed by atoms with Gasteiger partial charge in [-0.25, -0.2) is 4.79 Å². The fourth-order valence-electron chi connectivity index (χ4n) is 4.13. The Morgan fingerprint density at radius 3 is 2.85 bits per heavy atom. The van der Waals surface area contributed by atoms with Crippen LogP contribution in [0, 0.1) is 28.1 Å². The van der Waals surface area contributed by atoms with Gasteiger partial charge in [0.2, 0.25) is 0 Å². The normalized spacial score (nSPS) is 30.0. The number of esters is 1. The number of carbonyl (C=O) groups is 1. The minimum atomic E-state index is -1.19. The standard InChI is InChI=1S/C20H31NO5/c1-5-25-18(22)20(3,13-21)16-8-9-19(2)15(12-16)6-7-17(19)26-14-24-11-10-23-4/h12,15,17H,5-11,14H2,1-4H3. The Morgan fingerprint density at radius 1 is 1.42 bits per heavy atom. The molecule has 0 N–H and O–H groups in total. The lowest BCUT2D eigenvalue weighted by Gasteiger charge is -2.41. The van der Waals surface area contributed by atoms with E-state index in [1.165, 1.54) is 0 Å². The van der Waals surface area contributed by atoms with Crippen LogP contribution in [0.15, 0.2) is 11.6 Å². The number of hydrogen-bond donors (Lipinski definition) is 0. The Balaban J connectivity index is 2.05. The van der Waals surface area contributed by atoms with Crippen LogP contribution < -0.4 is 0 Å². The highest BCUT2D eigenvalue weighted by Gasteiger charge is 2.51. The molecule has 26 heavy (non-hydrogen) atoms. The van der Waals surface area contributed by atoms with Gasteiger partial charge in [-0.1, -0.05) is 13.0 Å². The summed E-state index contributed by atoms with van der Waals surface area (Å²) in [5.74, 6) is -0.146. The van der Waals surface area contributed by atoms with Crippen molar-refractivity contribution in [1.29, 1.82) is 5.26 Å². The van der Waals surface area contributed by atoms with E-state index in [1.807, 2.05) is 0 Å². The van der Waals surface area contributed by atoms with Crippen molar-refractivity contribution >= 4 is 5.97 Å². The third-order valence-corrected chi connectivity index (χ3v) is 5.99. The second-order valence-electron chi connectivity index (χ2n) is 7.51. The summed E-state index contributed by atoms with van der Waals surface area (Å²) in [6, 6.07) is 2.18. The van der Waals surface area contributed by atoms with Crippen molar-refractivity contribution in [3.63, 3.8) is 0 Å². The third kappa shape index (κ3) is 4.11. The van der Waals surface area contributed by atoms with Gasteiger partial charge in [0.05, 0.1) is 32.0 Å². The fraction of sp³-hybridized carbons (Fsp3) is 0.800. The van der Waals surface area contributed by atoms with E-state index in [0.717, 1.165) is 24.8 Å². The SMILES string of the molecule is CCOC(=O)C(C)(C#N)C1=CC2CCC(OCOCCOC)C2(C)CC1. The van der Waals surface area contributed by atoms with Crippen LogP contribution >= 0.6 is 0 Å². The molecule has 1 saturated carbocycles. The second kappa shape index (κ2) is 8.98. The summed E-state index contributed by atoms with van der Waals surface area (Å²) >= 11 is 0. The van der Waals surface area contributed by atoms with Gasteiger partial charge < -0.3 is 18.9 Å². The van der Waals surface area contributed by atoms with E-state index in [9.17, 15) is 10.1 Å². The highest BCUT2D eigenvalue weighted by atomic mass is 16.7. The molecule has 0 heterocycles. The first-order valence-electron chi connectivity index (χ1n) is 9.40. The van der Waals surface area contributed by atoms with Crippen LogP contribution in [0.4, 0.5) is 0 Å². The Morgan fingerprint density at radius 2 is 2.19 bits per heavy atom. The molecule has 0 spiro atoms. The molecule has 6 nitrogen and oxygen atoms in total. The lowest BCUT2D eigenvalue weighted by molar-refractivity contribution is -0.149. The predicted molar refractivity (Wildman–Crippen MR) is 96.1 cm³/mol. The van der Waals surface area contributed by atoms with Crippen molar-refractivity contribution < 1.29 is 23.7 Å². The van der Waals surface area contributed by atoms with Gasteiger partial charge in [-0.2, -0.15) is 5.26 Å². The van der Waals surface area contributed by atoms with E-state index >= 15 is 0 Å². The van der Waals surface area contributed by atoms with Crippen molar-refractivity contribution in [2.24, 2.45) is 16.7 Å². The highest BCUT2D eigenvalue weighted by Crippen LogP contribution is 2.54. The number of rotatable bonds is 9. The Kier molecular flexibility index (Phi) is 7.22. The van der Waals surface area contributed by atoms with Gasteiger partial charge in [-0.3, -0.25) is 0 Å². The number of fused-ring (bicyclic) bond motifs is 1. The van der Waals surface area contributed by atoms with Crippen LogP contribution in [-0.4, -0.2) is 45.8 Å². The van der Waals surface area contributed by atoms with E-state index in [0.29, 0.717) is 25.6 Å². The molecule has 0 aromatic rings. The van der Waals surface area contributed by atoms with Crippen LogP contribution in [0.3, 0.4) is 0 Å². The van der Waals surface area contributed by atoms with Gasteiger partial charge >= 0.3 is 5.97 Å². The van der Waals surface area contributed by atoms with E-state index in [-0.39, 0.29) is 24.9 Å². The molecule has 0 saturated heterocycles. The zero-order valence-corrected chi connectivity index (χ0v) is 16.4. The molecule has 0 aliphatic heterocycles. The van der Waals surface area contributed by atoms with Gasteiger partial charge in [0.15, 0.2) is 5.41 Å². The zero-order chi connectivity index (χ0) is 19.2. The lowest BCUT2D eigenvalue weighted by atomic mass is 9.65. The summed E-state index contributed by atoms with van der Waals surface area (Å²) in [5.41, 5.74) is -0.295. The molecule has 2 aliphatic rings. The average Bonchev–Trinajstić information content (AvgIpc) is 2.96. The minimum absolute atomic E-state index is 0.0130. The number of hydrogen-bond acceptors (Lipinski definition) is 6. The van der Waals surface area contributed by atoms with Crippen LogP contribution in [0.25, 0.3) is 0 Å². The van der Waals surface area contributed by atoms with Crippen molar-refractivity contribution in [2.75, 3.05) is 33.7 Å². The number of carbonyl (C=O) groups excluding carboxylic acids is 1. The molecule has 0 amide bonds. The average molecular weight is 365 g/mol. The van der Waals surface area contributed by atoms with Crippen molar-refractivity contribution in [1.82, 2.24) is 0 Å². The lowest BCUT2D eigenvalue weighted by Crippen LogP contribution is -2.39. The maximum Gasteiger partial charge on any atom is 0.330 e. The molecule has 6 heteroatoms. The maximum absolute atomic E-state index is 12.3. The summed E-state index contributed by atoms with van der Waals surface area (Å²) in [4.78, 5) is 12.3. The molecule has 0 aromatic carbocycles. The molecular formula is C20H31NO5. The van der Waals surface area contributed by atoms with Crippen molar-refractivity contribution in [2.45, 2.75) is 52.6 Å². The smallest absolute Gasteiger partial charge is 0.330 e. The Hall–Kier alpha value is -1.42. The number of nitrogens with zero attached hydrogens (tertiary/aromatic N) is 1. The summed E-state index contributed by atoms with van der Waals surface area (Å²) in [6.07, 6.45) is 5.82. The Labute approximate surface area is 156 Å². The number of allylic oxidation sites excluding steroid dienone is 1. The van der Waals surface area contributed by atoms with E-state index in [1.54, 1.807) is 21.0 Å². The summed E-state index contributed by atoms with van der Waals surface area (Å²) < 4.78 is 21.5. The van der Waals surface area contributed by atoms with Crippen LogP contribution in [-0.2, 0) is 23.7 Å². The van der Waals surface area contributed by atoms with Gasteiger partial charge in [-0.15, -0.1) is 0 Å². The molecule has 146 valence electrons. The second-order valence-corrected chi connectivity index (χ2v) is 7.51. The van der Waals surface area contributed by atoms with Crippen LogP contribution in [0.5, 0.6) is 0 Å². The zero-order valence-electron chi connectivity index (χ0n) is 16.4. The van der Waals surface area contributed by atoms with Crippen molar-refractivity contribution in [3.8, 4) is 6.07 Å². The third-order valence-electron chi connectivity index (χ3n) is 5.99. The van der Waals surface area contributed by atoms with Gasteiger partial charge in [0.1, 0.15) is 6.79 Å². The molecular weight excluding hydrogens is 334 g/mol. The monoisotopic (exact) mass is 365 g/mol. The van der Waals surface area contributed by atoms with E-state index in [4.69, 9.17) is 18.9 Å². The summed E-state index contributed by atoms with van der Waals surface area (Å²) in [5, 5.41) is 9.64. The van der Waals surface area contributed by atoms with Crippen molar-refractivity contribution in [3.05, 3.63) is 11.6 Å². The van der Waals surface area contributed by atoms with Gasteiger partial charge in [0.25, 0.3) is 0 Å². The predicted octanol–water partition coefficient (Wildman–Crippen LogP) is 3.22. The highest BCUT2D eigenvalue weighted by molar-refractivity contribution is 5.83. The molecule has 4 atom stereocenters. The quantitative estimate of drug-likeness (QED) is 0.270. The minimum Gasteiger partial charge on any atom is -0.465 e. The summed E-state index contributed by atoms with van der Waals surface area (Å²) in [7, 11) is 1.64. The molecule has 2 aliphatic carbocycles. The topological polar surface area (TPSA) is 77.8 Å². The summed E-state index contributed by atoms with van der Waals surface area (Å²) in [6.45, 7) is 7.30. The number of nitriles is 1. The molecule has 0 radical (unpaired) electrons. The number of methoxy groups -OCH3 is 1. The van der Waals surface area contributed by atoms with E-state index < -0.39 is 11.4 Å². The molecule has 1 fully saturated rings. The molecule has 4 unspecified atom stereocenters. The first-order valence-corrected chi connectivity index (χ1v) is 9.40. The molecule has 2 rings (SSSR count). The van der Waals surface area contributed by atoms with Crippen LogP contribution in [0.2, 0.25) is 0 Å². The first kappa shape index (κ1) is 20.9.